The molecule has 1 aromatic heterocycles. The number of thiazole rings is 1. The van der Waals surface area contributed by atoms with Crippen molar-refractivity contribution < 1.29 is 19.4 Å². The van der Waals surface area contributed by atoms with E-state index in [0.29, 0.717) is 24.6 Å². The van der Waals surface area contributed by atoms with Crippen molar-refractivity contribution in [3.63, 3.8) is 0 Å². The Morgan fingerprint density at radius 1 is 1.63 bits per heavy atom. The molecule has 19 heavy (non-hydrogen) atoms. The van der Waals surface area contributed by atoms with E-state index in [0.717, 1.165) is 6.42 Å². The molecule has 1 fully saturated rings. The van der Waals surface area contributed by atoms with E-state index in [1.807, 2.05) is 6.92 Å². The van der Waals surface area contributed by atoms with Crippen LogP contribution < -0.4 is 5.32 Å². The van der Waals surface area contributed by atoms with Crippen molar-refractivity contribution in [2.24, 2.45) is 5.92 Å². The minimum absolute atomic E-state index is 0.0000131. The van der Waals surface area contributed by atoms with Gasteiger partial charge in [-0.15, -0.1) is 11.3 Å². The number of amides is 1. The lowest BCUT2D eigenvalue weighted by Crippen LogP contribution is -2.35. The zero-order chi connectivity index (χ0) is 13.8. The van der Waals surface area contributed by atoms with Crippen molar-refractivity contribution >= 4 is 23.2 Å². The highest BCUT2D eigenvalue weighted by Crippen LogP contribution is 2.20. The fourth-order valence-electron chi connectivity index (χ4n) is 2.02. The molecule has 2 N–H and O–H groups in total. The van der Waals surface area contributed by atoms with Crippen LogP contribution in [0.4, 0.5) is 0 Å². The predicted molar refractivity (Wildman–Crippen MR) is 69.3 cm³/mol. The van der Waals surface area contributed by atoms with E-state index in [2.05, 4.69) is 10.3 Å². The molecule has 1 aliphatic rings. The number of carbonyl (C=O) groups excluding carboxylic acids is 1. The van der Waals surface area contributed by atoms with Gasteiger partial charge in [0.25, 0.3) is 0 Å². The van der Waals surface area contributed by atoms with Gasteiger partial charge < -0.3 is 15.2 Å². The van der Waals surface area contributed by atoms with E-state index in [4.69, 9.17) is 9.84 Å². The molecule has 0 aromatic carbocycles. The van der Waals surface area contributed by atoms with Gasteiger partial charge in [0.05, 0.1) is 17.0 Å². The molecule has 0 saturated carbocycles. The first-order chi connectivity index (χ1) is 9.08. The summed E-state index contributed by atoms with van der Waals surface area (Å²) in [4.78, 5) is 26.5. The number of ether oxygens (including phenoxy) is 1. The number of carboxylic acid groups (broad SMARTS) is 1. The van der Waals surface area contributed by atoms with Crippen molar-refractivity contribution in [2.75, 3.05) is 13.2 Å². The highest BCUT2D eigenvalue weighted by Gasteiger charge is 2.30. The van der Waals surface area contributed by atoms with E-state index in [9.17, 15) is 9.59 Å². The van der Waals surface area contributed by atoms with Crippen molar-refractivity contribution in [3.8, 4) is 0 Å². The molecule has 0 aliphatic carbocycles. The second kappa shape index (κ2) is 6.12. The van der Waals surface area contributed by atoms with Crippen LogP contribution in [0.5, 0.6) is 0 Å². The Bertz CT molecular complexity index is 474. The van der Waals surface area contributed by atoms with Crippen molar-refractivity contribution in [1.82, 2.24) is 10.3 Å². The normalized spacial score (nSPS) is 22.4. The summed E-state index contributed by atoms with van der Waals surface area (Å²) >= 11 is 1.29. The van der Waals surface area contributed by atoms with Crippen LogP contribution in [0.1, 0.15) is 28.8 Å². The average Bonchev–Trinajstić information content (AvgIpc) is 2.97. The molecule has 104 valence electrons. The van der Waals surface area contributed by atoms with Gasteiger partial charge >= 0.3 is 5.97 Å². The van der Waals surface area contributed by atoms with Crippen LogP contribution in [0.15, 0.2) is 5.38 Å². The van der Waals surface area contributed by atoms with Crippen LogP contribution in [0.25, 0.3) is 0 Å². The van der Waals surface area contributed by atoms with E-state index in [-0.39, 0.29) is 23.6 Å². The van der Waals surface area contributed by atoms with Gasteiger partial charge in [-0.2, -0.15) is 0 Å². The van der Waals surface area contributed by atoms with E-state index >= 15 is 0 Å². The topological polar surface area (TPSA) is 88.5 Å². The summed E-state index contributed by atoms with van der Waals surface area (Å²) in [6.45, 7) is 3.00. The minimum Gasteiger partial charge on any atom is -0.476 e. The summed E-state index contributed by atoms with van der Waals surface area (Å²) in [6.07, 6.45) is 1.28. The van der Waals surface area contributed by atoms with E-state index in [1.54, 1.807) is 0 Å². The Morgan fingerprint density at radius 3 is 3.00 bits per heavy atom. The van der Waals surface area contributed by atoms with Gasteiger partial charge in [-0.05, 0) is 13.3 Å². The Hall–Kier alpha value is -1.47. The van der Waals surface area contributed by atoms with Crippen LogP contribution >= 0.6 is 11.3 Å². The number of nitrogens with one attached hydrogen (secondary N) is 1. The quantitative estimate of drug-likeness (QED) is 0.839. The third-order valence-corrected chi connectivity index (χ3v) is 4.03. The van der Waals surface area contributed by atoms with Gasteiger partial charge in [0, 0.05) is 25.0 Å². The predicted octanol–water partition coefficient (Wildman–Crippen LogP) is 0.925. The largest absolute Gasteiger partial charge is 0.476 e. The Morgan fingerprint density at radius 2 is 2.42 bits per heavy atom. The average molecular weight is 284 g/mol. The second-order valence-corrected chi connectivity index (χ2v) is 5.39. The first-order valence-corrected chi connectivity index (χ1v) is 7.03. The second-order valence-electron chi connectivity index (χ2n) is 4.44. The first-order valence-electron chi connectivity index (χ1n) is 6.15. The summed E-state index contributed by atoms with van der Waals surface area (Å²) in [5, 5.41) is 13.8. The number of nitrogens with zero attached hydrogens (tertiary/aromatic N) is 1. The molecule has 0 spiro atoms. The Balaban J connectivity index is 1.76. The fraction of sp³-hybridized carbons (Fsp3) is 0.583. The maximum Gasteiger partial charge on any atom is 0.355 e. The smallest absolute Gasteiger partial charge is 0.355 e. The zero-order valence-corrected chi connectivity index (χ0v) is 11.4. The van der Waals surface area contributed by atoms with Crippen molar-refractivity contribution in [1.29, 1.82) is 0 Å². The lowest BCUT2D eigenvalue weighted by Gasteiger charge is -2.13. The fourth-order valence-corrected chi connectivity index (χ4v) is 2.80. The molecule has 6 nitrogen and oxygen atoms in total. The van der Waals surface area contributed by atoms with E-state index in [1.165, 1.54) is 16.7 Å². The van der Waals surface area contributed by atoms with Crippen molar-refractivity contribution in [3.05, 3.63) is 16.1 Å². The summed E-state index contributed by atoms with van der Waals surface area (Å²) < 4.78 is 5.34. The van der Waals surface area contributed by atoms with Gasteiger partial charge in [-0.1, -0.05) is 0 Å². The summed E-state index contributed by atoms with van der Waals surface area (Å²) in [5.74, 6) is -1.10. The van der Waals surface area contributed by atoms with Gasteiger partial charge in [0.15, 0.2) is 5.69 Å². The number of aromatic carboxylic acids is 1. The molecule has 1 saturated heterocycles. The number of aromatic nitrogens is 1. The molecule has 1 amide bonds. The molecule has 2 unspecified atom stereocenters. The number of hydrogen-bond donors (Lipinski definition) is 2. The summed E-state index contributed by atoms with van der Waals surface area (Å²) in [5.41, 5.74) is 0.0594. The van der Waals surface area contributed by atoms with Crippen LogP contribution in [-0.2, 0) is 16.0 Å². The third-order valence-electron chi connectivity index (χ3n) is 3.12. The van der Waals surface area contributed by atoms with Crippen LogP contribution in [-0.4, -0.2) is 41.2 Å². The molecule has 0 radical (unpaired) electrons. The molecule has 2 rings (SSSR count). The maximum atomic E-state index is 11.9. The van der Waals surface area contributed by atoms with E-state index < -0.39 is 5.97 Å². The molecule has 7 heteroatoms. The molecule has 1 aromatic rings. The highest BCUT2D eigenvalue weighted by atomic mass is 32.1. The first kappa shape index (κ1) is 14.0. The Kier molecular flexibility index (Phi) is 4.49. The molecule has 0 bridgehead atoms. The van der Waals surface area contributed by atoms with Gasteiger partial charge in [-0.25, -0.2) is 9.78 Å². The van der Waals surface area contributed by atoms with Gasteiger partial charge in [-0.3, -0.25) is 4.79 Å². The van der Waals surface area contributed by atoms with Gasteiger partial charge in [0.1, 0.15) is 0 Å². The summed E-state index contributed by atoms with van der Waals surface area (Å²) in [6, 6.07) is 0. The minimum atomic E-state index is -1.02. The molecule has 2 heterocycles. The summed E-state index contributed by atoms with van der Waals surface area (Å²) in [7, 11) is 0. The molecule has 1 aliphatic heterocycles. The molecule has 2 atom stereocenters. The number of carboxylic acids is 1. The molecular formula is C12H16N2O4S. The lowest BCUT2D eigenvalue weighted by atomic mass is 10.0. The maximum absolute atomic E-state index is 11.9. The zero-order valence-electron chi connectivity index (χ0n) is 10.6. The standard InChI is InChI=1S/C12H16N2O4S/c1-7-8(3-5-18-7)11(15)13-4-2-10-14-9(6-19-10)12(16)17/h6-8H,2-5H2,1H3,(H,13,15)(H,16,17). The van der Waals surface area contributed by atoms with Crippen LogP contribution in [0.3, 0.4) is 0 Å². The van der Waals surface area contributed by atoms with Crippen LogP contribution in [0, 0.1) is 5.92 Å². The number of carbonyl (C=O) groups is 2. The van der Waals surface area contributed by atoms with Crippen LogP contribution in [0.2, 0.25) is 0 Å². The highest BCUT2D eigenvalue weighted by molar-refractivity contribution is 7.09. The number of hydrogen-bond acceptors (Lipinski definition) is 5. The third kappa shape index (κ3) is 3.51. The number of rotatable bonds is 5. The van der Waals surface area contributed by atoms with Gasteiger partial charge in [0.2, 0.25) is 5.91 Å². The monoisotopic (exact) mass is 284 g/mol. The Labute approximate surface area is 114 Å². The SMILES string of the molecule is CC1OCCC1C(=O)NCCc1nc(C(=O)O)cs1. The lowest BCUT2D eigenvalue weighted by molar-refractivity contribution is -0.126. The molecular weight excluding hydrogens is 268 g/mol. The van der Waals surface area contributed by atoms with Crippen molar-refractivity contribution in [2.45, 2.75) is 25.9 Å².